The Morgan fingerprint density at radius 3 is 1.83 bits per heavy atom. The third-order valence-corrected chi connectivity index (χ3v) is 4.29. The molecule has 0 aromatic heterocycles. The van der Waals surface area contributed by atoms with E-state index in [1.165, 1.54) is 38.5 Å². The summed E-state index contributed by atoms with van der Waals surface area (Å²) in [7, 11) is 0. The van der Waals surface area contributed by atoms with Crippen molar-refractivity contribution in [2.24, 2.45) is 11.3 Å². The van der Waals surface area contributed by atoms with Crippen molar-refractivity contribution in [1.29, 1.82) is 0 Å². The minimum absolute atomic E-state index is 0.117. The summed E-state index contributed by atoms with van der Waals surface area (Å²) in [6, 6.07) is 1.13. The van der Waals surface area contributed by atoms with E-state index in [2.05, 4.69) is 32.6 Å². The second-order valence-electron chi connectivity index (χ2n) is 7.68. The zero-order chi connectivity index (χ0) is 13.3. The van der Waals surface area contributed by atoms with Crippen LogP contribution in [0.15, 0.2) is 0 Å². The molecule has 2 aliphatic rings. The fourth-order valence-corrected chi connectivity index (χ4v) is 3.12. The summed E-state index contributed by atoms with van der Waals surface area (Å²) in [6.45, 7) is 8.84. The van der Waals surface area contributed by atoms with Crippen molar-refractivity contribution in [3.05, 3.63) is 0 Å². The van der Waals surface area contributed by atoms with E-state index in [1.54, 1.807) is 0 Å². The molecule has 2 rings (SSSR count). The predicted molar refractivity (Wildman–Crippen MR) is 75.4 cm³/mol. The summed E-state index contributed by atoms with van der Waals surface area (Å²) < 4.78 is 0. The lowest BCUT2D eigenvalue weighted by molar-refractivity contribution is -0.137. The number of hydrogen-bond donors (Lipinski definition) is 0. The molecule has 2 saturated carbocycles. The molecule has 0 N–H and O–H groups in total. The SMILES string of the molecule is CC1CCC(N(C(=O)CC(C)(C)C)C2CC2)CC1. The molecule has 0 aliphatic heterocycles. The molecule has 0 spiro atoms. The standard InChI is InChI=1S/C16H29NO/c1-12-5-7-13(8-6-12)17(14-9-10-14)15(18)11-16(2,3)4/h12-14H,5-11H2,1-4H3. The third-order valence-electron chi connectivity index (χ3n) is 4.29. The van der Waals surface area contributed by atoms with Gasteiger partial charge in [0, 0.05) is 18.5 Å². The first-order chi connectivity index (χ1) is 8.37. The molecule has 0 aromatic carbocycles. The fourth-order valence-electron chi connectivity index (χ4n) is 3.12. The third kappa shape index (κ3) is 3.73. The summed E-state index contributed by atoms with van der Waals surface area (Å²) in [5.74, 6) is 1.27. The molecule has 0 heterocycles. The maximum atomic E-state index is 12.5. The Labute approximate surface area is 112 Å². The van der Waals surface area contributed by atoms with Crippen LogP contribution in [0.5, 0.6) is 0 Å². The average molecular weight is 251 g/mol. The first kappa shape index (κ1) is 13.9. The lowest BCUT2D eigenvalue weighted by Gasteiger charge is -2.37. The number of carbonyl (C=O) groups excluding carboxylic acids is 1. The molecule has 2 aliphatic carbocycles. The lowest BCUT2D eigenvalue weighted by Crippen LogP contribution is -2.44. The molecular weight excluding hydrogens is 222 g/mol. The second-order valence-corrected chi connectivity index (χ2v) is 7.68. The van der Waals surface area contributed by atoms with E-state index < -0.39 is 0 Å². The van der Waals surface area contributed by atoms with Crippen LogP contribution in [0.25, 0.3) is 0 Å². The molecule has 2 fully saturated rings. The van der Waals surface area contributed by atoms with Gasteiger partial charge in [-0.3, -0.25) is 4.79 Å². The van der Waals surface area contributed by atoms with Crippen molar-refractivity contribution >= 4 is 5.91 Å². The highest BCUT2D eigenvalue weighted by atomic mass is 16.2. The Kier molecular flexibility index (Phi) is 4.03. The molecule has 1 amide bonds. The van der Waals surface area contributed by atoms with Crippen LogP contribution < -0.4 is 0 Å². The Morgan fingerprint density at radius 2 is 1.44 bits per heavy atom. The Morgan fingerprint density at radius 1 is 1.00 bits per heavy atom. The Balaban J connectivity index is 1.97. The van der Waals surface area contributed by atoms with Crippen molar-refractivity contribution in [3.8, 4) is 0 Å². The van der Waals surface area contributed by atoms with Gasteiger partial charge in [0.25, 0.3) is 0 Å². The van der Waals surface area contributed by atoms with Crippen LogP contribution in [-0.2, 0) is 4.79 Å². The van der Waals surface area contributed by atoms with Crippen LogP contribution >= 0.6 is 0 Å². The first-order valence-corrected chi connectivity index (χ1v) is 7.68. The van der Waals surface area contributed by atoms with E-state index in [1.807, 2.05) is 0 Å². The second kappa shape index (κ2) is 5.22. The largest absolute Gasteiger partial charge is 0.337 e. The predicted octanol–water partition coefficient (Wildman–Crippen LogP) is 3.99. The highest BCUT2D eigenvalue weighted by molar-refractivity contribution is 5.78. The summed E-state index contributed by atoms with van der Waals surface area (Å²) in [5, 5.41) is 0. The lowest BCUT2D eigenvalue weighted by atomic mass is 9.85. The normalized spacial score (nSPS) is 29.1. The van der Waals surface area contributed by atoms with Crippen molar-refractivity contribution in [2.45, 2.75) is 84.7 Å². The number of nitrogens with zero attached hydrogens (tertiary/aromatic N) is 1. The maximum absolute atomic E-state index is 12.5. The van der Waals surface area contributed by atoms with Crippen LogP contribution in [-0.4, -0.2) is 22.9 Å². The van der Waals surface area contributed by atoms with Crippen molar-refractivity contribution in [2.75, 3.05) is 0 Å². The van der Waals surface area contributed by atoms with Gasteiger partial charge in [-0.05, 0) is 49.9 Å². The quantitative estimate of drug-likeness (QED) is 0.742. The topological polar surface area (TPSA) is 20.3 Å². The number of hydrogen-bond acceptors (Lipinski definition) is 1. The molecule has 0 atom stereocenters. The number of amides is 1. The fraction of sp³-hybridized carbons (Fsp3) is 0.938. The molecule has 2 nitrogen and oxygen atoms in total. The van der Waals surface area contributed by atoms with Gasteiger partial charge in [0.15, 0.2) is 0 Å². The molecule has 0 aromatic rings. The van der Waals surface area contributed by atoms with Crippen LogP contribution in [0, 0.1) is 11.3 Å². The van der Waals surface area contributed by atoms with Crippen LogP contribution in [0.4, 0.5) is 0 Å². The highest BCUT2D eigenvalue weighted by Crippen LogP contribution is 2.36. The molecule has 2 heteroatoms. The maximum Gasteiger partial charge on any atom is 0.223 e. The zero-order valence-corrected chi connectivity index (χ0v) is 12.5. The molecule has 0 bridgehead atoms. The molecule has 0 unspecified atom stereocenters. The Hall–Kier alpha value is -0.530. The molecule has 104 valence electrons. The van der Waals surface area contributed by atoms with Gasteiger partial charge < -0.3 is 4.90 Å². The summed E-state index contributed by atoms with van der Waals surface area (Å²) in [5.41, 5.74) is 0.117. The minimum Gasteiger partial charge on any atom is -0.337 e. The van der Waals surface area contributed by atoms with Crippen molar-refractivity contribution in [3.63, 3.8) is 0 Å². The van der Waals surface area contributed by atoms with Gasteiger partial charge >= 0.3 is 0 Å². The van der Waals surface area contributed by atoms with E-state index >= 15 is 0 Å². The molecular formula is C16H29NO. The van der Waals surface area contributed by atoms with Gasteiger partial charge in [-0.15, -0.1) is 0 Å². The summed E-state index contributed by atoms with van der Waals surface area (Å²) in [4.78, 5) is 14.8. The van der Waals surface area contributed by atoms with E-state index in [-0.39, 0.29) is 5.41 Å². The van der Waals surface area contributed by atoms with Gasteiger partial charge in [-0.25, -0.2) is 0 Å². The van der Waals surface area contributed by atoms with Crippen molar-refractivity contribution < 1.29 is 4.79 Å². The van der Waals surface area contributed by atoms with Crippen molar-refractivity contribution in [1.82, 2.24) is 4.90 Å². The summed E-state index contributed by atoms with van der Waals surface area (Å²) >= 11 is 0. The van der Waals surface area contributed by atoms with Gasteiger partial charge in [-0.2, -0.15) is 0 Å². The van der Waals surface area contributed by atoms with Gasteiger partial charge in [0.2, 0.25) is 5.91 Å². The zero-order valence-electron chi connectivity index (χ0n) is 12.5. The highest BCUT2D eigenvalue weighted by Gasteiger charge is 2.39. The molecule has 0 saturated heterocycles. The van der Waals surface area contributed by atoms with E-state index in [4.69, 9.17) is 0 Å². The smallest absolute Gasteiger partial charge is 0.223 e. The van der Waals surface area contributed by atoms with Gasteiger partial charge in [0.05, 0.1) is 0 Å². The minimum atomic E-state index is 0.117. The monoisotopic (exact) mass is 251 g/mol. The molecule has 0 radical (unpaired) electrons. The van der Waals surface area contributed by atoms with Crippen LogP contribution in [0.2, 0.25) is 0 Å². The van der Waals surface area contributed by atoms with Gasteiger partial charge in [-0.1, -0.05) is 27.7 Å². The van der Waals surface area contributed by atoms with E-state index in [0.717, 1.165) is 5.92 Å². The van der Waals surface area contributed by atoms with Crippen LogP contribution in [0.3, 0.4) is 0 Å². The summed E-state index contributed by atoms with van der Waals surface area (Å²) in [6.07, 6.45) is 8.24. The first-order valence-electron chi connectivity index (χ1n) is 7.68. The van der Waals surface area contributed by atoms with Gasteiger partial charge in [0.1, 0.15) is 0 Å². The molecule has 18 heavy (non-hydrogen) atoms. The Bertz CT molecular complexity index is 293. The van der Waals surface area contributed by atoms with Crippen LogP contribution in [0.1, 0.15) is 72.6 Å². The van der Waals surface area contributed by atoms with E-state index in [0.29, 0.717) is 24.4 Å². The number of carbonyl (C=O) groups is 1. The van der Waals surface area contributed by atoms with E-state index in [9.17, 15) is 4.79 Å². The number of rotatable bonds is 3. The average Bonchev–Trinajstić information content (AvgIpc) is 3.03.